The zero-order valence-corrected chi connectivity index (χ0v) is 11.8. The van der Waals surface area contributed by atoms with Crippen LogP contribution in [-0.2, 0) is 6.54 Å². The van der Waals surface area contributed by atoms with E-state index in [1.54, 1.807) is 0 Å². The number of amides is 1. The predicted molar refractivity (Wildman–Crippen MR) is 75.6 cm³/mol. The molecule has 0 saturated carbocycles. The Kier molecular flexibility index (Phi) is 4.20. The largest absolute Gasteiger partial charge is 0.353 e. The van der Waals surface area contributed by atoms with Gasteiger partial charge in [0.15, 0.2) is 0 Å². The molecule has 1 aromatic carbocycles. The molecule has 2 rings (SSSR count). The van der Waals surface area contributed by atoms with Crippen molar-refractivity contribution in [2.24, 2.45) is 0 Å². The minimum atomic E-state index is -0.0269. The number of hydrogen-bond donors (Lipinski definition) is 1. The summed E-state index contributed by atoms with van der Waals surface area (Å²) in [5.41, 5.74) is 1.70. The summed E-state index contributed by atoms with van der Waals surface area (Å²) in [6.07, 6.45) is 3.97. The Morgan fingerprint density at radius 1 is 1.33 bits per heavy atom. The third kappa shape index (κ3) is 3.23. The van der Waals surface area contributed by atoms with Gasteiger partial charge in [-0.3, -0.25) is 4.79 Å². The zero-order chi connectivity index (χ0) is 13.0. The van der Waals surface area contributed by atoms with E-state index in [0.717, 1.165) is 22.1 Å². The van der Waals surface area contributed by atoms with Crippen LogP contribution in [0.2, 0.25) is 0 Å². The van der Waals surface area contributed by atoms with Gasteiger partial charge in [-0.25, -0.2) is 0 Å². The van der Waals surface area contributed by atoms with Gasteiger partial charge in [-0.15, -0.1) is 0 Å². The highest BCUT2D eigenvalue weighted by Crippen LogP contribution is 2.15. The molecule has 0 bridgehead atoms. The molecule has 0 aliphatic heterocycles. The summed E-state index contributed by atoms with van der Waals surface area (Å²) in [7, 11) is 0. The molecule has 0 spiro atoms. The van der Waals surface area contributed by atoms with Crippen LogP contribution in [0.5, 0.6) is 0 Å². The van der Waals surface area contributed by atoms with Crippen molar-refractivity contribution in [3.05, 3.63) is 58.3 Å². The lowest BCUT2D eigenvalue weighted by atomic mass is 10.1. The maximum atomic E-state index is 12.0. The van der Waals surface area contributed by atoms with Gasteiger partial charge < -0.3 is 9.88 Å². The van der Waals surface area contributed by atoms with Crippen molar-refractivity contribution in [2.75, 3.05) is 6.54 Å². The molecule has 1 heterocycles. The molecule has 4 heteroatoms. The van der Waals surface area contributed by atoms with E-state index in [2.05, 4.69) is 21.2 Å². The van der Waals surface area contributed by atoms with Crippen LogP contribution in [0.4, 0.5) is 0 Å². The number of benzene rings is 1. The van der Waals surface area contributed by atoms with Crippen molar-refractivity contribution in [3.8, 4) is 0 Å². The van der Waals surface area contributed by atoms with Gasteiger partial charge in [0.05, 0.1) is 0 Å². The van der Waals surface area contributed by atoms with Crippen molar-refractivity contribution in [3.63, 3.8) is 0 Å². The van der Waals surface area contributed by atoms with E-state index in [-0.39, 0.29) is 5.91 Å². The van der Waals surface area contributed by atoms with Gasteiger partial charge in [-0.05, 0) is 36.8 Å². The highest BCUT2D eigenvalue weighted by Gasteiger charge is 2.08. The number of carbonyl (C=O) groups is 1. The minimum Gasteiger partial charge on any atom is -0.353 e. The van der Waals surface area contributed by atoms with Crippen LogP contribution in [0.25, 0.3) is 0 Å². The number of rotatable bonds is 4. The van der Waals surface area contributed by atoms with Crippen LogP contribution in [-0.4, -0.2) is 17.0 Å². The summed E-state index contributed by atoms with van der Waals surface area (Å²) >= 11 is 3.38. The number of halogens is 1. The average molecular weight is 307 g/mol. The monoisotopic (exact) mass is 306 g/mol. The van der Waals surface area contributed by atoms with E-state index in [0.29, 0.717) is 6.54 Å². The Bertz CT molecular complexity index is 535. The number of nitrogens with one attached hydrogen (secondary N) is 1. The molecule has 1 N–H and O–H groups in total. The minimum absolute atomic E-state index is 0.0269. The van der Waals surface area contributed by atoms with Crippen LogP contribution in [0.1, 0.15) is 15.9 Å². The van der Waals surface area contributed by atoms with Crippen LogP contribution < -0.4 is 5.32 Å². The standard InChI is InChI=1S/C14H15BrN2O/c1-11-4-5-12(15)10-13(11)14(18)16-6-9-17-7-2-3-8-17/h2-5,7-8,10H,6,9H2,1H3,(H,16,18). The first-order valence-electron chi connectivity index (χ1n) is 5.82. The molecule has 1 amide bonds. The molecule has 94 valence electrons. The van der Waals surface area contributed by atoms with Crippen LogP contribution in [0, 0.1) is 6.92 Å². The number of nitrogens with zero attached hydrogens (tertiary/aromatic N) is 1. The molecule has 18 heavy (non-hydrogen) atoms. The summed E-state index contributed by atoms with van der Waals surface area (Å²) in [5, 5.41) is 2.92. The lowest BCUT2D eigenvalue weighted by Crippen LogP contribution is -2.27. The van der Waals surface area contributed by atoms with Crippen molar-refractivity contribution < 1.29 is 4.79 Å². The number of aromatic nitrogens is 1. The molecule has 3 nitrogen and oxygen atoms in total. The fourth-order valence-electron chi connectivity index (χ4n) is 1.75. The molecule has 1 aromatic heterocycles. The molecular formula is C14H15BrN2O. The summed E-state index contributed by atoms with van der Waals surface area (Å²) < 4.78 is 2.96. The lowest BCUT2D eigenvalue weighted by molar-refractivity contribution is 0.0951. The van der Waals surface area contributed by atoms with Gasteiger partial charge >= 0.3 is 0 Å². The van der Waals surface area contributed by atoms with Gasteiger partial charge in [0.1, 0.15) is 0 Å². The van der Waals surface area contributed by atoms with E-state index >= 15 is 0 Å². The molecule has 0 aliphatic carbocycles. The molecule has 2 aromatic rings. The Hall–Kier alpha value is -1.55. The Morgan fingerprint density at radius 3 is 2.78 bits per heavy atom. The molecule has 0 unspecified atom stereocenters. The third-order valence-electron chi connectivity index (χ3n) is 2.77. The highest BCUT2D eigenvalue weighted by molar-refractivity contribution is 9.10. The first-order valence-corrected chi connectivity index (χ1v) is 6.61. The van der Waals surface area contributed by atoms with Gasteiger partial charge in [-0.1, -0.05) is 22.0 Å². The SMILES string of the molecule is Cc1ccc(Br)cc1C(=O)NCCn1cccc1. The summed E-state index contributed by atoms with van der Waals surface area (Å²) in [4.78, 5) is 12.0. The molecule has 0 aliphatic rings. The number of hydrogen-bond acceptors (Lipinski definition) is 1. The maximum Gasteiger partial charge on any atom is 0.251 e. The zero-order valence-electron chi connectivity index (χ0n) is 10.2. The molecule has 0 atom stereocenters. The van der Waals surface area contributed by atoms with Gasteiger partial charge in [0.25, 0.3) is 5.91 Å². The second-order valence-corrected chi connectivity index (χ2v) is 5.05. The number of aryl methyl sites for hydroxylation is 1. The van der Waals surface area contributed by atoms with E-state index < -0.39 is 0 Å². The average Bonchev–Trinajstić information content (AvgIpc) is 2.85. The Balaban J connectivity index is 1.93. The van der Waals surface area contributed by atoms with Crippen molar-refractivity contribution in [1.82, 2.24) is 9.88 Å². The Morgan fingerprint density at radius 2 is 2.06 bits per heavy atom. The van der Waals surface area contributed by atoms with Gasteiger partial charge in [-0.2, -0.15) is 0 Å². The Labute approximate surface area is 115 Å². The smallest absolute Gasteiger partial charge is 0.251 e. The van der Waals surface area contributed by atoms with Crippen LogP contribution in [0.3, 0.4) is 0 Å². The van der Waals surface area contributed by atoms with Crippen molar-refractivity contribution in [1.29, 1.82) is 0 Å². The normalized spacial score (nSPS) is 10.3. The fourth-order valence-corrected chi connectivity index (χ4v) is 2.11. The van der Waals surface area contributed by atoms with Gasteiger partial charge in [0.2, 0.25) is 0 Å². The van der Waals surface area contributed by atoms with E-state index in [1.807, 2.05) is 54.2 Å². The fraction of sp³-hybridized carbons (Fsp3) is 0.214. The first-order chi connectivity index (χ1) is 8.66. The highest BCUT2D eigenvalue weighted by atomic mass is 79.9. The van der Waals surface area contributed by atoms with E-state index in [1.165, 1.54) is 0 Å². The summed E-state index contributed by atoms with van der Waals surface area (Å²) in [5.74, 6) is -0.0269. The topological polar surface area (TPSA) is 34.0 Å². The number of carbonyl (C=O) groups excluding carboxylic acids is 1. The molecule has 0 radical (unpaired) electrons. The van der Waals surface area contributed by atoms with Crippen LogP contribution >= 0.6 is 15.9 Å². The van der Waals surface area contributed by atoms with Crippen molar-refractivity contribution >= 4 is 21.8 Å². The van der Waals surface area contributed by atoms with E-state index in [4.69, 9.17) is 0 Å². The second kappa shape index (κ2) is 5.87. The summed E-state index contributed by atoms with van der Waals surface area (Å²) in [6, 6.07) is 9.66. The molecular weight excluding hydrogens is 292 g/mol. The first kappa shape index (κ1) is 12.9. The lowest BCUT2D eigenvalue weighted by Gasteiger charge is -2.08. The quantitative estimate of drug-likeness (QED) is 0.926. The summed E-state index contributed by atoms with van der Waals surface area (Å²) in [6.45, 7) is 3.35. The van der Waals surface area contributed by atoms with E-state index in [9.17, 15) is 4.79 Å². The second-order valence-electron chi connectivity index (χ2n) is 4.14. The van der Waals surface area contributed by atoms with Gasteiger partial charge in [0, 0.05) is 35.5 Å². The van der Waals surface area contributed by atoms with Crippen molar-refractivity contribution in [2.45, 2.75) is 13.5 Å². The van der Waals surface area contributed by atoms with Crippen LogP contribution in [0.15, 0.2) is 47.2 Å². The predicted octanol–water partition coefficient (Wildman–Crippen LogP) is 2.99. The molecule has 0 saturated heterocycles. The third-order valence-corrected chi connectivity index (χ3v) is 3.26. The maximum absolute atomic E-state index is 12.0. The molecule has 0 fully saturated rings.